The van der Waals surface area contributed by atoms with Crippen LogP contribution >= 0.6 is 0 Å². The maximum atomic E-state index is 12.3. The number of hydrogen-bond acceptors (Lipinski definition) is 8. The summed E-state index contributed by atoms with van der Waals surface area (Å²) in [6.45, 7) is 1.76. The molecular formula is C22H26N6O6. The van der Waals surface area contributed by atoms with E-state index in [0.29, 0.717) is 0 Å². The van der Waals surface area contributed by atoms with Crippen LogP contribution in [0, 0.1) is 0 Å². The number of nitrogens with zero attached hydrogens (tertiary/aromatic N) is 2. The average Bonchev–Trinajstić information content (AvgIpc) is 2.86. The van der Waals surface area contributed by atoms with Crippen LogP contribution in [0.2, 0.25) is 0 Å². The van der Waals surface area contributed by atoms with Gasteiger partial charge in [0.15, 0.2) is 0 Å². The topological polar surface area (TPSA) is 161 Å². The summed E-state index contributed by atoms with van der Waals surface area (Å²) < 4.78 is 10.8. The van der Waals surface area contributed by atoms with Crippen molar-refractivity contribution >= 4 is 23.6 Å². The SMILES string of the molecule is O=C1NCCOCCNC(=O)c2cccc(n2)C(=O)NCCOCCNC(=O)c2cccc1n2. The van der Waals surface area contributed by atoms with E-state index in [1.807, 2.05) is 0 Å². The Morgan fingerprint density at radius 1 is 0.500 bits per heavy atom. The lowest BCUT2D eigenvalue weighted by molar-refractivity contribution is 0.0887. The summed E-state index contributed by atoms with van der Waals surface area (Å²) >= 11 is 0. The van der Waals surface area contributed by atoms with Crippen LogP contribution in [0.4, 0.5) is 0 Å². The minimum atomic E-state index is -0.433. The van der Waals surface area contributed by atoms with E-state index in [9.17, 15) is 19.2 Å². The Bertz CT molecular complexity index is 878. The molecule has 0 unspecified atom stereocenters. The van der Waals surface area contributed by atoms with E-state index in [1.165, 1.54) is 24.3 Å². The first kappa shape index (κ1) is 24.7. The highest BCUT2D eigenvalue weighted by molar-refractivity contribution is 5.97. The molecule has 4 amide bonds. The molecule has 4 bridgehead atoms. The molecule has 0 saturated carbocycles. The Labute approximate surface area is 195 Å². The van der Waals surface area contributed by atoms with Gasteiger partial charge in [0.2, 0.25) is 0 Å². The van der Waals surface area contributed by atoms with E-state index in [2.05, 4.69) is 31.2 Å². The fourth-order valence-corrected chi connectivity index (χ4v) is 2.89. The number of carbonyl (C=O) groups is 4. The summed E-state index contributed by atoms with van der Waals surface area (Å²) in [6.07, 6.45) is 0. The molecule has 3 rings (SSSR count). The highest BCUT2D eigenvalue weighted by atomic mass is 16.5. The van der Waals surface area contributed by atoms with Gasteiger partial charge in [-0.05, 0) is 24.3 Å². The molecule has 3 heterocycles. The van der Waals surface area contributed by atoms with Crippen molar-refractivity contribution in [3.8, 4) is 0 Å². The molecule has 34 heavy (non-hydrogen) atoms. The van der Waals surface area contributed by atoms with Crippen LogP contribution in [0.15, 0.2) is 36.4 Å². The van der Waals surface area contributed by atoms with Gasteiger partial charge in [0, 0.05) is 26.2 Å². The van der Waals surface area contributed by atoms with Crippen LogP contribution < -0.4 is 21.3 Å². The maximum absolute atomic E-state index is 12.3. The van der Waals surface area contributed by atoms with Gasteiger partial charge in [-0.3, -0.25) is 19.2 Å². The van der Waals surface area contributed by atoms with E-state index in [-0.39, 0.29) is 75.4 Å². The number of carbonyl (C=O) groups excluding carboxylic acids is 4. The quantitative estimate of drug-likeness (QED) is 0.387. The van der Waals surface area contributed by atoms with Gasteiger partial charge in [-0.2, -0.15) is 0 Å². The van der Waals surface area contributed by atoms with Crippen LogP contribution in [0.3, 0.4) is 0 Å². The molecule has 2 aromatic rings. The predicted molar refractivity (Wildman–Crippen MR) is 119 cm³/mol. The summed E-state index contributed by atoms with van der Waals surface area (Å²) in [5, 5.41) is 10.6. The van der Waals surface area contributed by atoms with Crippen molar-refractivity contribution in [3.63, 3.8) is 0 Å². The normalized spacial score (nSPS) is 17.4. The summed E-state index contributed by atoms with van der Waals surface area (Å²) in [7, 11) is 0. The first-order valence-corrected chi connectivity index (χ1v) is 10.8. The molecule has 12 heteroatoms. The second-order valence-corrected chi connectivity index (χ2v) is 7.06. The van der Waals surface area contributed by atoms with Crippen molar-refractivity contribution in [1.29, 1.82) is 0 Å². The zero-order valence-electron chi connectivity index (χ0n) is 18.5. The van der Waals surface area contributed by atoms with Gasteiger partial charge in [-0.15, -0.1) is 0 Å². The van der Waals surface area contributed by atoms with Crippen molar-refractivity contribution in [1.82, 2.24) is 31.2 Å². The van der Waals surface area contributed by atoms with Crippen LogP contribution in [-0.2, 0) is 9.47 Å². The molecule has 0 saturated heterocycles. The van der Waals surface area contributed by atoms with E-state index in [4.69, 9.17) is 9.47 Å². The highest BCUT2D eigenvalue weighted by Gasteiger charge is 2.13. The van der Waals surface area contributed by atoms with Crippen LogP contribution in [-0.4, -0.2) is 86.2 Å². The second kappa shape index (κ2) is 13.0. The molecule has 0 spiro atoms. The molecular weight excluding hydrogens is 444 g/mol. The Morgan fingerprint density at radius 2 is 0.765 bits per heavy atom. The van der Waals surface area contributed by atoms with Gasteiger partial charge < -0.3 is 30.7 Å². The largest absolute Gasteiger partial charge is 0.378 e. The van der Waals surface area contributed by atoms with Crippen molar-refractivity contribution in [2.24, 2.45) is 0 Å². The van der Waals surface area contributed by atoms with Crippen LogP contribution in [0.1, 0.15) is 42.0 Å². The molecule has 1 aliphatic heterocycles. The Kier molecular flexibility index (Phi) is 9.43. The molecule has 2 aromatic heterocycles. The van der Waals surface area contributed by atoms with Crippen molar-refractivity contribution in [2.75, 3.05) is 52.6 Å². The van der Waals surface area contributed by atoms with Crippen molar-refractivity contribution in [2.45, 2.75) is 0 Å². The minimum Gasteiger partial charge on any atom is -0.378 e. The number of fused-ring (bicyclic) bond motifs is 4. The van der Waals surface area contributed by atoms with Gasteiger partial charge in [-0.1, -0.05) is 12.1 Å². The number of hydrogen-bond donors (Lipinski definition) is 4. The van der Waals surface area contributed by atoms with Gasteiger partial charge in [-0.25, -0.2) is 9.97 Å². The van der Waals surface area contributed by atoms with Gasteiger partial charge in [0.25, 0.3) is 23.6 Å². The lowest BCUT2D eigenvalue weighted by Crippen LogP contribution is -2.33. The smallest absolute Gasteiger partial charge is 0.269 e. The van der Waals surface area contributed by atoms with E-state index in [1.54, 1.807) is 12.1 Å². The standard InChI is InChI=1S/C22H26N6O6/c29-19-15-3-1-4-16(27-15)20(30)24-8-12-34-14-10-26-22(32)18-6-2-5-17(28-18)21(31)25-9-13-33-11-7-23-19/h1-6H,7-14H2,(H,23,29)(H,24,30)(H,25,31)(H,26,32). The Balaban J connectivity index is 1.60. The third-order valence-electron chi connectivity index (χ3n) is 4.56. The number of nitrogens with one attached hydrogen (secondary N) is 4. The molecule has 180 valence electrons. The van der Waals surface area contributed by atoms with Crippen molar-refractivity contribution in [3.05, 3.63) is 59.2 Å². The fourth-order valence-electron chi connectivity index (χ4n) is 2.89. The summed E-state index contributed by atoms with van der Waals surface area (Å²) in [4.78, 5) is 57.3. The lowest BCUT2D eigenvalue weighted by Gasteiger charge is -2.10. The molecule has 1 aliphatic rings. The summed E-state index contributed by atoms with van der Waals surface area (Å²) in [5.74, 6) is -1.73. The van der Waals surface area contributed by atoms with Crippen LogP contribution in [0.25, 0.3) is 0 Å². The Hall–Kier alpha value is -3.90. The molecule has 4 N–H and O–H groups in total. The van der Waals surface area contributed by atoms with Gasteiger partial charge >= 0.3 is 0 Å². The first-order valence-electron chi connectivity index (χ1n) is 10.8. The van der Waals surface area contributed by atoms with Gasteiger partial charge in [0.1, 0.15) is 22.8 Å². The minimum absolute atomic E-state index is 0.107. The van der Waals surface area contributed by atoms with Crippen molar-refractivity contribution < 1.29 is 28.7 Å². The number of amides is 4. The third kappa shape index (κ3) is 7.60. The van der Waals surface area contributed by atoms with Gasteiger partial charge in [0.05, 0.1) is 26.4 Å². The number of aromatic nitrogens is 2. The third-order valence-corrected chi connectivity index (χ3v) is 4.56. The average molecular weight is 470 g/mol. The first-order chi connectivity index (χ1) is 16.5. The molecule has 0 aromatic carbocycles. The van der Waals surface area contributed by atoms with E-state index < -0.39 is 23.6 Å². The second-order valence-electron chi connectivity index (χ2n) is 7.06. The highest BCUT2D eigenvalue weighted by Crippen LogP contribution is 2.01. The monoisotopic (exact) mass is 470 g/mol. The lowest BCUT2D eigenvalue weighted by atomic mass is 10.2. The predicted octanol–water partition coefficient (Wildman–Crippen LogP) is -0.857. The number of pyridine rings is 2. The number of ether oxygens (including phenoxy) is 2. The zero-order valence-corrected chi connectivity index (χ0v) is 18.5. The summed E-state index contributed by atoms with van der Waals surface area (Å²) in [6, 6.07) is 9.17. The molecule has 0 atom stereocenters. The Morgan fingerprint density at radius 3 is 1.03 bits per heavy atom. The molecule has 0 radical (unpaired) electrons. The molecule has 0 fully saturated rings. The fraction of sp³-hybridized carbons (Fsp3) is 0.364. The van der Waals surface area contributed by atoms with E-state index in [0.717, 1.165) is 0 Å². The molecule has 0 aliphatic carbocycles. The molecule has 12 nitrogen and oxygen atoms in total. The van der Waals surface area contributed by atoms with E-state index >= 15 is 0 Å². The maximum Gasteiger partial charge on any atom is 0.269 e. The zero-order chi connectivity index (χ0) is 24.2. The summed E-state index contributed by atoms with van der Waals surface area (Å²) in [5.41, 5.74) is 0.430. The van der Waals surface area contributed by atoms with Crippen LogP contribution in [0.5, 0.6) is 0 Å². The number of rotatable bonds is 0.